The molecule has 2 aromatic carbocycles. The van der Waals surface area contributed by atoms with Gasteiger partial charge in [0.05, 0.1) is 11.6 Å². The zero-order chi connectivity index (χ0) is 17.6. The van der Waals surface area contributed by atoms with Crippen LogP contribution in [-0.4, -0.2) is 28.6 Å². The number of ether oxygens (including phenoxy) is 1. The minimum atomic E-state index is -0.950. The molecule has 0 bridgehead atoms. The summed E-state index contributed by atoms with van der Waals surface area (Å²) in [6.07, 6.45) is 2.51. The number of carbonyl (C=O) groups is 2. The maximum Gasteiger partial charge on any atom is 0.410 e. The van der Waals surface area contributed by atoms with Crippen LogP contribution < -0.4 is 0 Å². The molecule has 1 amide bonds. The van der Waals surface area contributed by atoms with Crippen LogP contribution >= 0.6 is 0 Å². The lowest BCUT2D eigenvalue weighted by molar-refractivity contribution is 0.0671. The Labute approximate surface area is 146 Å². The van der Waals surface area contributed by atoms with E-state index in [1.54, 1.807) is 29.2 Å². The van der Waals surface area contributed by atoms with Crippen molar-refractivity contribution in [3.63, 3.8) is 0 Å². The van der Waals surface area contributed by atoms with Crippen molar-refractivity contribution in [1.29, 1.82) is 0 Å². The van der Waals surface area contributed by atoms with Gasteiger partial charge in [-0.05, 0) is 42.5 Å². The molecule has 1 unspecified atom stereocenters. The minimum absolute atomic E-state index is 0.0696. The molecule has 5 heteroatoms. The molecule has 130 valence electrons. The number of rotatable bonds is 4. The van der Waals surface area contributed by atoms with Crippen molar-refractivity contribution in [3.05, 3.63) is 71.3 Å². The van der Waals surface area contributed by atoms with Crippen molar-refractivity contribution < 1.29 is 19.4 Å². The quantitative estimate of drug-likeness (QED) is 0.904. The molecular weight excluding hydrogens is 318 g/mol. The van der Waals surface area contributed by atoms with Gasteiger partial charge >= 0.3 is 12.1 Å². The molecule has 1 heterocycles. The van der Waals surface area contributed by atoms with Crippen LogP contribution in [0.2, 0.25) is 0 Å². The number of hydrogen-bond donors (Lipinski definition) is 1. The Morgan fingerprint density at radius 2 is 1.76 bits per heavy atom. The smallest absolute Gasteiger partial charge is 0.410 e. The van der Waals surface area contributed by atoms with E-state index in [4.69, 9.17) is 9.84 Å². The second kappa shape index (κ2) is 7.83. The van der Waals surface area contributed by atoms with Crippen LogP contribution in [0.1, 0.15) is 46.8 Å². The van der Waals surface area contributed by atoms with E-state index in [0.29, 0.717) is 6.54 Å². The summed E-state index contributed by atoms with van der Waals surface area (Å²) >= 11 is 0. The highest BCUT2D eigenvalue weighted by Crippen LogP contribution is 2.31. The monoisotopic (exact) mass is 339 g/mol. The van der Waals surface area contributed by atoms with E-state index in [1.807, 2.05) is 30.3 Å². The number of hydrogen-bond acceptors (Lipinski definition) is 3. The predicted octanol–water partition coefficient (Wildman–Crippen LogP) is 4.25. The van der Waals surface area contributed by atoms with Gasteiger partial charge in [-0.3, -0.25) is 0 Å². The third-order valence-electron chi connectivity index (χ3n) is 4.48. The number of nitrogens with zero attached hydrogens (tertiary/aromatic N) is 1. The second-order valence-electron chi connectivity index (χ2n) is 6.17. The fraction of sp³-hybridized carbons (Fsp3) is 0.300. The van der Waals surface area contributed by atoms with E-state index in [1.165, 1.54) is 0 Å². The van der Waals surface area contributed by atoms with Gasteiger partial charge in [0.15, 0.2) is 0 Å². The lowest BCUT2D eigenvalue weighted by Gasteiger charge is -2.35. The van der Waals surface area contributed by atoms with Crippen molar-refractivity contribution in [2.45, 2.75) is 31.9 Å². The van der Waals surface area contributed by atoms with Crippen LogP contribution in [-0.2, 0) is 11.3 Å². The average Bonchev–Trinajstić information content (AvgIpc) is 2.67. The van der Waals surface area contributed by atoms with E-state index >= 15 is 0 Å². The molecule has 1 fully saturated rings. The molecule has 0 spiro atoms. The van der Waals surface area contributed by atoms with Crippen LogP contribution in [0.5, 0.6) is 0 Å². The van der Waals surface area contributed by atoms with E-state index in [-0.39, 0.29) is 24.3 Å². The van der Waals surface area contributed by atoms with Crippen molar-refractivity contribution >= 4 is 12.1 Å². The van der Waals surface area contributed by atoms with E-state index < -0.39 is 5.97 Å². The number of piperidine rings is 1. The lowest BCUT2D eigenvalue weighted by Crippen LogP contribution is -2.38. The lowest BCUT2D eigenvalue weighted by atomic mass is 9.95. The Bertz CT molecular complexity index is 727. The topological polar surface area (TPSA) is 66.8 Å². The van der Waals surface area contributed by atoms with Crippen LogP contribution in [0.3, 0.4) is 0 Å². The Hall–Kier alpha value is -2.82. The van der Waals surface area contributed by atoms with Crippen LogP contribution in [0.15, 0.2) is 54.6 Å². The predicted molar refractivity (Wildman–Crippen MR) is 93.3 cm³/mol. The molecule has 0 radical (unpaired) electrons. The largest absolute Gasteiger partial charge is 0.478 e. The number of likely N-dealkylation sites (tertiary alicyclic amines) is 1. The normalized spacial score (nSPS) is 17.1. The van der Waals surface area contributed by atoms with Gasteiger partial charge in [0.1, 0.15) is 6.61 Å². The SMILES string of the molecule is O=C(O)c1ccc(C2CCCCN2C(=O)OCc2ccccc2)cc1. The van der Waals surface area contributed by atoms with Crippen molar-refractivity contribution in [3.8, 4) is 0 Å². The van der Waals surface area contributed by atoms with Crippen molar-refractivity contribution in [1.82, 2.24) is 4.90 Å². The molecule has 1 N–H and O–H groups in total. The van der Waals surface area contributed by atoms with Crippen LogP contribution in [0.25, 0.3) is 0 Å². The maximum atomic E-state index is 12.5. The molecule has 3 rings (SSSR count). The summed E-state index contributed by atoms with van der Waals surface area (Å²) in [5.74, 6) is -0.950. The summed E-state index contributed by atoms with van der Waals surface area (Å²) in [7, 11) is 0. The van der Waals surface area contributed by atoms with Gasteiger partial charge in [0, 0.05) is 6.54 Å². The molecule has 0 saturated carbocycles. The summed E-state index contributed by atoms with van der Waals surface area (Å²) in [4.78, 5) is 25.3. The van der Waals surface area contributed by atoms with Gasteiger partial charge in [0.2, 0.25) is 0 Å². The second-order valence-corrected chi connectivity index (χ2v) is 6.17. The number of aromatic carboxylic acids is 1. The molecule has 1 aliphatic rings. The first kappa shape index (κ1) is 17.0. The first-order chi connectivity index (χ1) is 12.1. The van der Waals surface area contributed by atoms with Crippen LogP contribution in [0.4, 0.5) is 4.79 Å². The maximum absolute atomic E-state index is 12.5. The van der Waals surface area contributed by atoms with Gasteiger partial charge in [-0.2, -0.15) is 0 Å². The van der Waals surface area contributed by atoms with E-state index in [0.717, 1.165) is 30.4 Å². The van der Waals surface area contributed by atoms with Crippen molar-refractivity contribution in [2.75, 3.05) is 6.54 Å². The highest BCUT2D eigenvalue weighted by Gasteiger charge is 2.29. The van der Waals surface area contributed by atoms with Gasteiger partial charge in [-0.15, -0.1) is 0 Å². The fourth-order valence-corrected chi connectivity index (χ4v) is 3.15. The first-order valence-electron chi connectivity index (χ1n) is 8.46. The molecule has 5 nitrogen and oxygen atoms in total. The molecule has 0 aromatic heterocycles. The molecule has 0 aliphatic carbocycles. The zero-order valence-corrected chi connectivity index (χ0v) is 13.9. The minimum Gasteiger partial charge on any atom is -0.478 e. The highest BCUT2D eigenvalue weighted by molar-refractivity contribution is 5.87. The Morgan fingerprint density at radius 1 is 1.04 bits per heavy atom. The van der Waals surface area contributed by atoms with Gasteiger partial charge in [0.25, 0.3) is 0 Å². The fourth-order valence-electron chi connectivity index (χ4n) is 3.15. The highest BCUT2D eigenvalue weighted by atomic mass is 16.6. The summed E-state index contributed by atoms with van der Waals surface area (Å²) in [5, 5.41) is 9.02. The number of amides is 1. The first-order valence-corrected chi connectivity index (χ1v) is 8.46. The third kappa shape index (κ3) is 4.18. The third-order valence-corrected chi connectivity index (χ3v) is 4.48. The number of carboxylic acids is 1. The van der Waals surface area contributed by atoms with Crippen molar-refractivity contribution in [2.24, 2.45) is 0 Å². The van der Waals surface area contributed by atoms with Gasteiger partial charge in [-0.25, -0.2) is 9.59 Å². The van der Waals surface area contributed by atoms with E-state index in [9.17, 15) is 9.59 Å². The summed E-state index contributed by atoms with van der Waals surface area (Å²) < 4.78 is 5.47. The molecule has 1 saturated heterocycles. The summed E-state index contributed by atoms with van der Waals surface area (Å²) in [5.41, 5.74) is 2.15. The molecule has 2 aromatic rings. The van der Waals surface area contributed by atoms with E-state index in [2.05, 4.69) is 0 Å². The number of carbonyl (C=O) groups excluding carboxylic acids is 1. The molecule has 25 heavy (non-hydrogen) atoms. The Morgan fingerprint density at radius 3 is 2.44 bits per heavy atom. The number of carboxylic acid groups (broad SMARTS) is 1. The van der Waals surface area contributed by atoms with Crippen LogP contribution in [0, 0.1) is 0 Å². The number of benzene rings is 2. The average molecular weight is 339 g/mol. The van der Waals surface area contributed by atoms with Gasteiger partial charge < -0.3 is 14.7 Å². The Balaban J connectivity index is 1.69. The molecule has 1 atom stereocenters. The standard InChI is InChI=1S/C20H21NO4/c22-19(23)17-11-9-16(10-12-17)18-8-4-5-13-21(18)20(24)25-14-15-6-2-1-3-7-15/h1-3,6-7,9-12,18H,4-5,8,13-14H2,(H,22,23). The molecular formula is C20H21NO4. The Kier molecular flexibility index (Phi) is 5.33. The zero-order valence-electron chi connectivity index (χ0n) is 13.9. The summed E-state index contributed by atoms with van der Waals surface area (Å²) in [6.45, 7) is 0.903. The van der Waals surface area contributed by atoms with Gasteiger partial charge in [-0.1, -0.05) is 42.5 Å². The summed E-state index contributed by atoms with van der Waals surface area (Å²) in [6, 6.07) is 16.3. The molecule has 1 aliphatic heterocycles.